The second-order valence-electron chi connectivity index (χ2n) is 9.82. The zero-order valence-electron chi connectivity index (χ0n) is 19.0. The Hall–Kier alpha value is -0.370. The molecule has 170 valence electrons. The Morgan fingerprint density at radius 1 is 1.00 bits per heavy atom. The Bertz CT molecular complexity index is 596. The number of hydrogen-bond acceptors (Lipinski definition) is 3. The summed E-state index contributed by atoms with van der Waals surface area (Å²) >= 11 is 7.80. The van der Waals surface area contributed by atoms with E-state index in [-0.39, 0.29) is 0 Å². The van der Waals surface area contributed by atoms with Gasteiger partial charge in [0.2, 0.25) is 0 Å². The minimum Gasteiger partial charge on any atom is -0.381 e. The van der Waals surface area contributed by atoms with Crippen LogP contribution in [0.4, 0.5) is 0 Å². The van der Waals surface area contributed by atoms with E-state index in [1.165, 1.54) is 101 Å². The molecule has 4 rings (SSSR count). The summed E-state index contributed by atoms with van der Waals surface area (Å²) in [4.78, 5) is 5.55. The quantitative estimate of drug-likeness (QED) is 0.257. The highest BCUT2D eigenvalue weighted by atomic mass is 32.2. The predicted octanol–water partition coefficient (Wildman–Crippen LogP) is 1.97. The molecular formula is C23H42N4OS2+2. The number of rotatable bonds is 5. The molecule has 4 fully saturated rings. The lowest BCUT2D eigenvalue weighted by molar-refractivity contribution is -0.932. The van der Waals surface area contributed by atoms with Gasteiger partial charge in [0.25, 0.3) is 16.4 Å². The van der Waals surface area contributed by atoms with Crippen molar-refractivity contribution in [1.29, 1.82) is 0 Å². The van der Waals surface area contributed by atoms with Gasteiger partial charge in [-0.3, -0.25) is 9.62 Å². The van der Waals surface area contributed by atoms with E-state index in [1.807, 2.05) is 19.1 Å². The molecule has 30 heavy (non-hydrogen) atoms. The molecule has 0 aromatic heterocycles. The van der Waals surface area contributed by atoms with Crippen LogP contribution in [0.5, 0.6) is 0 Å². The first-order valence-corrected chi connectivity index (χ1v) is 13.6. The minimum absolute atomic E-state index is 0.311. The Balaban J connectivity index is 1.51. The summed E-state index contributed by atoms with van der Waals surface area (Å²) in [7, 11) is 4.01. The molecular weight excluding hydrogens is 412 g/mol. The van der Waals surface area contributed by atoms with Crippen LogP contribution >= 0.6 is 24.2 Å². The van der Waals surface area contributed by atoms with Gasteiger partial charge in [-0.25, -0.2) is 9.89 Å². The number of hydrogen-bond donors (Lipinski definition) is 3. The lowest BCUT2D eigenvalue weighted by Gasteiger charge is -2.30. The molecule has 1 aliphatic heterocycles. The molecule has 0 spiro atoms. The molecule has 1 heterocycles. The second-order valence-corrected chi connectivity index (χ2v) is 11.4. The van der Waals surface area contributed by atoms with Gasteiger partial charge in [0.15, 0.2) is 0 Å². The molecule has 3 saturated carbocycles. The van der Waals surface area contributed by atoms with Crippen molar-refractivity contribution in [3.8, 4) is 0 Å². The SMILES string of the molecule is COC1CCC(NC(=[NH+]C2SN(C)C(=S)[NH+]2C2CCCCC2)C2CCCCC2)CC1. The fourth-order valence-electron chi connectivity index (χ4n) is 5.94. The topological polar surface area (TPSA) is 42.9 Å². The maximum absolute atomic E-state index is 5.90. The molecule has 0 aromatic rings. The zero-order valence-corrected chi connectivity index (χ0v) is 20.6. The molecule has 0 aromatic carbocycles. The van der Waals surface area contributed by atoms with Crippen molar-refractivity contribution in [2.24, 2.45) is 5.92 Å². The van der Waals surface area contributed by atoms with E-state index in [0.29, 0.717) is 29.6 Å². The first-order chi connectivity index (χ1) is 14.7. The average Bonchev–Trinajstić information content (AvgIpc) is 3.08. The van der Waals surface area contributed by atoms with E-state index in [4.69, 9.17) is 17.0 Å². The standard InChI is InChI=1S/C23H40N4OS2/c1-26-23(29)27(19-11-7-4-8-12-19)22(30-26)25-21(17-9-5-3-6-10-17)24-18-13-15-20(28-2)16-14-18/h17-20,22H,3-16H2,1-2H3,(H,24,25)/p+2. The van der Waals surface area contributed by atoms with Crippen molar-refractivity contribution >= 4 is 35.1 Å². The Kier molecular flexibility index (Phi) is 8.34. The van der Waals surface area contributed by atoms with Gasteiger partial charge in [-0.05, 0) is 51.4 Å². The molecule has 0 amide bonds. The third-order valence-electron chi connectivity index (χ3n) is 7.79. The minimum atomic E-state index is 0.311. The first-order valence-electron chi connectivity index (χ1n) is 12.4. The number of quaternary nitrogens is 1. The number of nitrogens with one attached hydrogen (secondary N) is 3. The van der Waals surface area contributed by atoms with Crippen LogP contribution in [0.15, 0.2) is 0 Å². The van der Waals surface area contributed by atoms with Gasteiger partial charge in [0.05, 0.1) is 36.1 Å². The van der Waals surface area contributed by atoms with Crippen LogP contribution in [0.3, 0.4) is 0 Å². The maximum atomic E-state index is 5.90. The number of ether oxygens (including phenoxy) is 1. The third kappa shape index (κ3) is 5.51. The molecule has 1 saturated heterocycles. The van der Waals surface area contributed by atoms with Crippen molar-refractivity contribution in [2.45, 2.75) is 114 Å². The van der Waals surface area contributed by atoms with Crippen LogP contribution in [-0.4, -0.2) is 53.1 Å². The predicted molar refractivity (Wildman–Crippen MR) is 128 cm³/mol. The van der Waals surface area contributed by atoms with Gasteiger partial charge in [-0.2, -0.15) is 0 Å². The van der Waals surface area contributed by atoms with Crippen molar-refractivity contribution in [3.05, 3.63) is 0 Å². The Labute approximate surface area is 192 Å². The summed E-state index contributed by atoms with van der Waals surface area (Å²) in [5.41, 5.74) is 0.311. The van der Waals surface area contributed by atoms with Gasteiger partial charge in [0, 0.05) is 39.2 Å². The lowest BCUT2D eigenvalue weighted by atomic mass is 9.87. The average molecular weight is 455 g/mol. The first kappa shape index (κ1) is 22.8. The molecule has 0 radical (unpaired) electrons. The third-order valence-corrected chi connectivity index (χ3v) is 9.50. The largest absolute Gasteiger partial charge is 0.381 e. The summed E-state index contributed by atoms with van der Waals surface area (Å²) in [6, 6.07) is 1.25. The van der Waals surface area contributed by atoms with Crippen molar-refractivity contribution in [3.63, 3.8) is 0 Å². The van der Waals surface area contributed by atoms with Crippen LogP contribution in [0.2, 0.25) is 0 Å². The zero-order chi connectivity index (χ0) is 20.9. The van der Waals surface area contributed by atoms with E-state index in [1.54, 1.807) is 0 Å². The van der Waals surface area contributed by atoms with E-state index in [0.717, 1.165) is 5.11 Å². The molecule has 2 unspecified atom stereocenters. The van der Waals surface area contributed by atoms with Gasteiger partial charge in [-0.15, -0.1) is 0 Å². The lowest BCUT2D eigenvalue weighted by Crippen LogP contribution is -3.27. The normalized spacial score (nSPS) is 35.1. The van der Waals surface area contributed by atoms with Crippen LogP contribution in [0.25, 0.3) is 0 Å². The monoisotopic (exact) mass is 454 g/mol. The fraction of sp³-hybridized carbons (Fsp3) is 0.913. The highest BCUT2D eigenvalue weighted by molar-refractivity contribution is 7.99. The fourth-order valence-corrected chi connectivity index (χ4v) is 7.54. The van der Waals surface area contributed by atoms with Gasteiger partial charge < -0.3 is 4.74 Å². The van der Waals surface area contributed by atoms with Gasteiger partial charge in [0.1, 0.15) is 0 Å². The van der Waals surface area contributed by atoms with E-state index < -0.39 is 0 Å². The summed E-state index contributed by atoms with van der Waals surface area (Å²) < 4.78 is 7.83. The van der Waals surface area contributed by atoms with Gasteiger partial charge >= 0.3 is 0 Å². The summed E-state index contributed by atoms with van der Waals surface area (Å²) in [6.45, 7) is 0. The van der Waals surface area contributed by atoms with Crippen molar-refractivity contribution in [2.75, 3.05) is 14.2 Å². The van der Waals surface area contributed by atoms with Crippen molar-refractivity contribution in [1.82, 2.24) is 9.62 Å². The second kappa shape index (κ2) is 11.0. The van der Waals surface area contributed by atoms with E-state index >= 15 is 0 Å². The Morgan fingerprint density at radius 3 is 2.27 bits per heavy atom. The van der Waals surface area contributed by atoms with E-state index in [2.05, 4.69) is 21.7 Å². The Morgan fingerprint density at radius 2 is 1.63 bits per heavy atom. The highest BCUT2D eigenvalue weighted by Crippen LogP contribution is 2.26. The molecule has 3 aliphatic carbocycles. The molecule has 3 N–H and O–H groups in total. The van der Waals surface area contributed by atoms with Crippen LogP contribution in [0.1, 0.15) is 89.9 Å². The molecule has 7 heteroatoms. The van der Waals surface area contributed by atoms with Crippen molar-refractivity contribution < 1.29 is 14.6 Å². The molecule has 0 bridgehead atoms. The number of thiocarbonyl (C=S) groups is 1. The summed E-state index contributed by atoms with van der Waals surface area (Å²) in [5, 5.41) is 5.10. The molecule has 2 atom stereocenters. The van der Waals surface area contributed by atoms with Gasteiger partial charge in [-0.1, -0.05) is 25.7 Å². The molecule has 5 nitrogen and oxygen atoms in total. The number of methoxy groups -OCH3 is 1. The van der Waals surface area contributed by atoms with Crippen LogP contribution in [-0.2, 0) is 4.74 Å². The molecule has 4 aliphatic rings. The number of nitrogens with zero attached hydrogens (tertiary/aromatic N) is 1. The summed E-state index contributed by atoms with van der Waals surface area (Å²) in [5.74, 6) is 2.08. The smallest absolute Gasteiger partial charge is 0.297 e. The summed E-state index contributed by atoms with van der Waals surface area (Å²) in [6.07, 6.45) is 18.7. The number of amidine groups is 1. The van der Waals surface area contributed by atoms with E-state index in [9.17, 15) is 0 Å². The maximum Gasteiger partial charge on any atom is 0.297 e. The van der Waals surface area contributed by atoms with Crippen LogP contribution in [0, 0.1) is 5.92 Å². The highest BCUT2D eigenvalue weighted by Gasteiger charge is 2.46. The van der Waals surface area contributed by atoms with Crippen LogP contribution < -0.4 is 15.2 Å².